The number of hydroxylamine groups is 1. The van der Waals surface area contributed by atoms with Crippen LogP contribution in [0.15, 0.2) is 0 Å². The Balaban J connectivity index is 1.99. The lowest BCUT2D eigenvalue weighted by atomic mass is 9.75. The van der Waals surface area contributed by atoms with Crippen molar-refractivity contribution in [3.63, 3.8) is 0 Å². The Morgan fingerprint density at radius 2 is 2.24 bits per heavy atom. The number of piperidine rings is 1. The lowest BCUT2D eigenvalue weighted by molar-refractivity contribution is -0.136. The number of amides is 2. The topological polar surface area (TPSA) is 79.5 Å². The first kappa shape index (κ1) is 12.3. The van der Waals surface area contributed by atoms with Gasteiger partial charge in [-0.25, -0.2) is 5.48 Å². The second-order valence-corrected chi connectivity index (χ2v) is 4.69. The molecule has 2 rings (SSSR count). The lowest BCUT2D eigenvalue weighted by Gasteiger charge is -2.35. The van der Waals surface area contributed by atoms with Crippen molar-refractivity contribution in [2.45, 2.75) is 32.2 Å². The fourth-order valence-electron chi connectivity index (χ4n) is 2.41. The molecule has 2 amide bonds. The minimum absolute atomic E-state index is 0.0212. The number of hydrogen-bond acceptors (Lipinski definition) is 4. The number of nitrogens with one attached hydrogen (secondary N) is 3. The van der Waals surface area contributed by atoms with E-state index in [0.717, 1.165) is 32.4 Å². The molecule has 2 fully saturated rings. The van der Waals surface area contributed by atoms with Crippen LogP contribution >= 0.6 is 0 Å². The first-order valence-corrected chi connectivity index (χ1v) is 6.11. The Kier molecular flexibility index (Phi) is 3.63. The molecule has 0 spiro atoms. The Bertz CT molecular complexity index is 313. The second-order valence-electron chi connectivity index (χ2n) is 4.69. The Hall–Kier alpha value is -1.14. The van der Waals surface area contributed by atoms with Crippen LogP contribution in [-0.4, -0.2) is 37.6 Å². The number of rotatable bonds is 3. The summed E-state index contributed by atoms with van der Waals surface area (Å²) in [6.07, 6.45) is 2.45. The minimum atomic E-state index is -0.541. The van der Waals surface area contributed by atoms with Gasteiger partial charge in [0.2, 0.25) is 5.91 Å². The monoisotopic (exact) mass is 241 g/mol. The number of carbonyl (C=O) groups is 2. The molecule has 2 aliphatic rings. The van der Waals surface area contributed by atoms with Crippen molar-refractivity contribution >= 4 is 11.8 Å². The van der Waals surface area contributed by atoms with Crippen LogP contribution in [-0.2, 0) is 14.4 Å². The third-order valence-electron chi connectivity index (χ3n) is 3.76. The molecule has 6 heteroatoms. The van der Waals surface area contributed by atoms with E-state index in [2.05, 4.69) is 16.1 Å². The van der Waals surface area contributed by atoms with Gasteiger partial charge in [-0.15, -0.1) is 0 Å². The van der Waals surface area contributed by atoms with E-state index in [1.54, 1.807) is 0 Å². The second kappa shape index (κ2) is 5.01. The smallest absolute Gasteiger partial charge is 0.268 e. The molecule has 0 saturated carbocycles. The molecule has 2 heterocycles. The molecule has 0 aromatic heterocycles. The van der Waals surface area contributed by atoms with Crippen molar-refractivity contribution in [2.24, 2.45) is 5.41 Å². The van der Waals surface area contributed by atoms with Gasteiger partial charge in [-0.05, 0) is 32.4 Å². The van der Waals surface area contributed by atoms with E-state index in [4.69, 9.17) is 4.84 Å². The van der Waals surface area contributed by atoms with Gasteiger partial charge < -0.3 is 10.6 Å². The van der Waals surface area contributed by atoms with Crippen LogP contribution in [0.1, 0.15) is 26.2 Å². The van der Waals surface area contributed by atoms with E-state index >= 15 is 0 Å². The maximum atomic E-state index is 12.3. The average Bonchev–Trinajstić information content (AvgIpc) is 2.76. The van der Waals surface area contributed by atoms with Gasteiger partial charge in [0.1, 0.15) is 12.6 Å². The van der Waals surface area contributed by atoms with Crippen LogP contribution < -0.4 is 16.1 Å². The highest BCUT2D eigenvalue weighted by atomic mass is 16.7. The molecular weight excluding hydrogens is 222 g/mol. The van der Waals surface area contributed by atoms with E-state index in [1.807, 2.05) is 6.92 Å². The molecule has 0 aliphatic carbocycles. The largest absolute Gasteiger partial charge is 0.342 e. The van der Waals surface area contributed by atoms with Crippen molar-refractivity contribution in [3.8, 4) is 0 Å². The Labute approximate surface area is 100 Å². The fourth-order valence-corrected chi connectivity index (χ4v) is 2.41. The molecule has 0 radical (unpaired) electrons. The SMILES string of the molecule is CCC1(C(=O)N[C@@H]2CONC2=O)CCNCC1. The summed E-state index contributed by atoms with van der Waals surface area (Å²) in [6.45, 7) is 3.95. The zero-order chi connectivity index (χ0) is 12.3. The first-order chi connectivity index (χ1) is 8.18. The molecular formula is C11H19N3O3. The molecule has 2 aliphatic heterocycles. The lowest BCUT2D eigenvalue weighted by Crippen LogP contribution is -2.52. The van der Waals surface area contributed by atoms with Crippen molar-refractivity contribution < 1.29 is 14.4 Å². The van der Waals surface area contributed by atoms with Crippen molar-refractivity contribution in [1.82, 2.24) is 16.1 Å². The maximum absolute atomic E-state index is 12.3. The summed E-state index contributed by atoms with van der Waals surface area (Å²) in [4.78, 5) is 28.4. The van der Waals surface area contributed by atoms with E-state index in [9.17, 15) is 9.59 Å². The van der Waals surface area contributed by atoms with Crippen molar-refractivity contribution in [1.29, 1.82) is 0 Å². The van der Waals surface area contributed by atoms with E-state index in [0.29, 0.717) is 0 Å². The van der Waals surface area contributed by atoms with Gasteiger partial charge in [-0.2, -0.15) is 0 Å². The molecule has 6 nitrogen and oxygen atoms in total. The highest BCUT2D eigenvalue weighted by Crippen LogP contribution is 2.32. The van der Waals surface area contributed by atoms with Crippen LogP contribution in [0, 0.1) is 5.41 Å². The summed E-state index contributed by atoms with van der Waals surface area (Å²) in [5.74, 6) is -0.286. The number of carbonyl (C=O) groups excluding carboxylic acids is 2. The third kappa shape index (κ3) is 2.42. The van der Waals surface area contributed by atoms with Gasteiger partial charge in [0, 0.05) is 0 Å². The van der Waals surface area contributed by atoms with E-state index in [1.165, 1.54) is 0 Å². The first-order valence-electron chi connectivity index (χ1n) is 6.11. The van der Waals surface area contributed by atoms with Crippen molar-refractivity contribution in [3.05, 3.63) is 0 Å². The molecule has 96 valence electrons. The maximum Gasteiger partial charge on any atom is 0.268 e. The normalized spacial score (nSPS) is 27.6. The van der Waals surface area contributed by atoms with Gasteiger partial charge in [0.25, 0.3) is 5.91 Å². The summed E-state index contributed by atoms with van der Waals surface area (Å²) in [6, 6.07) is -0.541. The molecule has 3 N–H and O–H groups in total. The molecule has 0 bridgehead atoms. The van der Waals surface area contributed by atoms with Crippen molar-refractivity contribution in [2.75, 3.05) is 19.7 Å². The molecule has 2 saturated heterocycles. The van der Waals surface area contributed by atoms with Gasteiger partial charge in [-0.3, -0.25) is 14.4 Å². The van der Waals surface area contributed by atoms with Gasteiger partial charge in [0.05, 0.1) is 5.41 Å². The fraction of sp³-hybridized carbons (Fsp3) is 0.818. The van der Waals surface area contributed by atoms with Crippen LogP contribution in [0.3, 0.4) is 0 Å². The molecule has 0 unspecified atom stereocenters. The Morgan fingerprint density at radius 3 is 2.76 bits per heavy atom. The van der Waals surface area contributed by atoms with Gasteiger partial charge in [-0.1, -0.05) is 6.92 Å². The summed E-state index contributed by atoms with van der Waals surface area (Å²) < 4.78 is 0. The average molecular weight is 241 g/mol. The molecule has 0 aromatic rings. The zero-order valence-corrected chi connectivity index (χ0v) is 10.0. The van der Waals surface area contributed by atoms with Gasteiger partial charge in [0.15, 0.2) is 0 Å². The highest BCUT2D eigenvalue weighted by Gasteiger charge is 2.40. The molecule has 0 aromatic carbocycles. The number of hydrogen-bond donors (Lipinski definition) is 3. The van der Waals surface area contributed by atoms with Crippen LogP contribution in [0.4, 0.5) is 0 Å². The summed E-state index contributed by atoms with van der Waals surface area (Å²) >= 11 is 0. The predicted octanol–water partition coefficient (Wildman–Crippen LogP) is -0.688. The van der Waals surface area contributed by atoms with E-state index in [-0.39, 0.29) is 23.8 Å². The summed E-state index contributed by atoms with van der Waals surface area (Å²) in [5.41, 5.74) is 1.92. The molecule has 1 atom stereocenters. The zero-order valence-electron chi connectivity index (χ0n) is 10.0. The Morgan fingerprint density at radius 1 is 1.53 bits per heavy atom. The summed E-state index contributed by atoms with van der Waals surface area (Å²) in [5, 5.41) is 6.03. The predicted molar refractivity (Wildman–Crippen MR) is 60.9 cm³/mol. The van der Waals surface area contributed by atoms with Gasteiger partial charge >= 0.3 is 0 Å². The standard InChI is InChI=1S/C11H19N3O3/c1-2-11(3-5-12-6-4-11)10(16)13-8-7-17-14-9(8)15/h8,12H,2-7H2,1H3,(H,13,16)(H,14,15)/t8-/m1/s1. The molecule has 17 heavy (non-hydrogen) atoms. The van der Waals surface area contributed by atoms with Crippen LogP contribution in [0.5, 0.6) is 0 Å². The third-order valence-corrected chi connectivity index (χ3v) is 3.76. The quantitative estimate of drug-likeness (QED) is 0.611. The minimum Gasteiger partial charge on any atom is -0.342 e. The van der Waals surface area contributed by atoms with E-state index < -0.39 is 6.04 Å². The highest BCUT2D eigenvalue weighted by molar-refractivity contribution is 5.90. The van der Waals surface area contributed by atoms with Crippen LogP contribution in [0.2, 0.25) is 0 Å². The summed E-state index contributed by atoms with van der Waals surface area (Å²) in [7, 11) is 0. The van der Waals surface area contributed by atoms with Crippen LogP contribution in [0.25, 0.3) is 0 Å².